The van der Waals surface area contributed by atoms with Crippen molar-refractivity contribution in [3.8, 4) is 11.6 Å². The lowest BCUT2D eigenvalue weighted by atomic mass is 9.97. The molecule has 0 spiro atoms. The molecule has 6 heteroatoms. The van der Waals surface area contributed by atoms with E-state index in [1.54, 1.807) is 13.3 Å². The molecule has 3 atom stereocenters. The summed E-state index contributed by atoms with van der Waals surface area (Å²) in [5.41, 5.74) is 1.12. The molecule has 1 aromatic carbocycles. The average Bonchev–Trinajstić information content (AvgIpc) is 2.91. The zero-order valence-electron chi connectivity index (χ0n) is 15.6. The van der Waals surface area contributed by atoms with Crippen LogP contribution in [0.5, 0.6) is 11.6 Å². The van der Waals surface area contributed by atoms with Crippen LogP contribution in [0.2, 0.25) is 0 Å². The number of amides is 1. The number of hydrogen-bond donors (Lipinski definition) is 1. The van der Waals surface area contributed by atoms with Crippen molar-refractivity contribution in [3.63, 3.8) is 0 Å². The van der Waals surface area contributed by atoms with Crippen molar-refractivity contribution in [2.75, 3.05) is 13.7 Å². The van der Waals surface area contributed by atoms with E-state index in [1.807, 2.05) is 19.1 Å². The molecule has 2 aromatic rings. The number of aromatic nitrogens is 1. The van der Waals surface area contributed by atoms with Gasteiger partial charge >= 0.3 is 0 Å². The minimum atomic E-state index is -1.47. The summed E-state index contributed by atoms with van der Waals surface area (Å²) < 4.78 is 25.3. The summed E-state index contributed by atoms with van der Waals surface area (Å²) in [5, 5.41) is 4.52. The summed E-state index contributed by atoms with van der Waals surface area (Å²) in [6, 6.07) is 5.58. The molecule has 0 radical (unpaired) electrons. The Morgan fingerprint density at radius 3 is 2.77 bits per heavy atom. The molecule has 3 rings (SSSR count). The molecule has 1 aromatic heterocycles. The Balaban J connectivity index is 1.87. The van der Waals surface area contributed by atoms with Gasteiger partial charge in [-0.15, -0.1) is 0 Å². The molecule has 140 valence electrons. The number of fused-ring (bicyclic) bond motifs is 1. The zero-order valence-corrected chi connectivity index (χ0v) is 15.6. The van der Waals surface area contributed by atoms with Crippen molar-refractivity contribution in [1.82, 2.24) is 10.3 Å². The van der Waals surface area contributed by atoms with Gasteiger partial charge in [0.1, 0.15) is 12.4 Å². The van der Waals surface area contributed by atoms with Crippen LogP contribution in [0, 0.1) is 5.92 Å². The number of carbonyl (C=O) groups excluding carboxylic acids is 1. The van der Waals surface area contributed by atoms with E-state index in [2.05, 4.69) is 30.2 Å². The van der Waals surface area contributed by atoms with Crippen LogP contribution in [0.1, 0.15) is 38.7 Å². The van der Waals surface area contributed by atoms with Gasteiger partial charge in [0.2, 0.25) is 5.88 Å². The number of methoxy groups -OCH3 is 1. The van der Waals surface area contributed by atoms with Gasteiger partial charge < -0.3 is 14.8 Å². The highest BCUT2D eigenvalue weighted by atomic mass is 19.1. The second-order valence-corrected chi connectivity index (χ2v) is 6.99. The quantitative estimate of drug-likeness (QED) is 0.855. The van der Waals surface area contributed by atoms with Crippen LogP contribution >= 0.6 is 0 Å². The van der Waals surface area contributed by atoms with E-state index in [0.29, 0.717) is 18.2 Å². The minimum Gasteiger partial charge on any atom is -0.496 e. The molecule has 1 saturated heterocycles. The Labute approximate surface area is 152 Å². The first kappa shape index (κ1) is 18.4. The number of nitrogens with one attached hydrogen (secondary N) is 1. The van der Waals surface area contributed by atoms with E-state index in [-0.39, 0.29) is 18.6 Å². The van der Waals surface area contributed by atoms with Gasteiger partial charge in [-0.25, -0.2) is 9.37 Å². The lowest BCUT2D eigenvalue weighted by molar-refractivity contribution is -0.123. The van der Waals surface area contributed by atoms with Gasteiger partial charge in [0.15, 0.2) is 6.17 Å². The summed E-state index contributed by atoms with van der Waals surface area (Å²) in [6.07, 6.45) is 0.793. The standard InChI is InChI=1S/C20H25FN2O3/c1-5-13-16(23-19(24)18(13)21)10-26-20-15-9-17(25-4)14(11(2)3)8-12(15)6-7-22-20/h6-9,11,13,16,18H,5,10H2,1-4H3,(H,23,24)/t13-,16+,18-/m0/s1. The summed E-state index contributed by atoms with van der Waals surface area (Å²) in [7, 11) is 1.64. The van der Waals surface area contributed by atoms with E-state index in [4.69, 9.17) is 9.47 Å². The number of rotatable bonds is 6. The van der Waals surface area contributed by atoms with E-state index in [9.17, 15) is 9.18 Å². The van der Waals surface area contributed by atoms with Crippen LogP contribution in [0.25, 0.3) is 10.8 Å². The fourth-order valence-electron chi connectivity index (χ4n) is 3.53. The third-order valence-electron chi connectivity index (χ3n) is 5.04. The topological polar surface area (TPSA) is 60.5 Å². The molecule has 1 aliphatic rings. The molecule has 0 unspecified atom stereocenters. The molecule has 5 nitrogen and oxygen atoms in total. The van der Waals surface area contributed by atoms with Gasteiger partial charge in [-0.2, -0.15) is 0 Å². The van der Waals surface area contributed by atoms with Crippen molar-refractivity contribution in [3.05, 3.63) is 30.0 Å². The van der Waals surface area contributed by atoms with E-state index in [0.717, 1.165) is 22.1 Å². The largest absolute Gasteiger partial charge is 0.496 e. The number of carbonyl (C=O) groups is 1. The number of nitrogens with zero attached hydrogens (tertiary/aromatic N) is 1. The Bertz CT molecular complexity index is 809. The molecule has 2 heterocycles. The van der Waals surface area contributed by atoms with Crippen LogP contribution < -0.4 is 14.8 Å². The highest BCUT2D eigenvalue weighted by molar-refractivity contribution is 5.89. The number of alkyl halides is 1. The second kappa shape index (κ2) is 7.48. The normalized spacial score (nSPS) is 22.7. The van der Waals surface area contributed by atoms with Crippen LogP contribution in [0.4, 0.5) is 4.39 Å². The molecular weight excluding hydrogens is 335 g/mol. The van der Waals surface area contributed by atoms with Crippen LogP contribution in [-0.4, -0.2) is 36.8 Å². The van der Waals surface area contributed by atoms with Gasteiger partial charge in [0.05, 0.1) is 13.2 Å². The molecule has 0 bridgehead atoms. The second-order valence-electron chi connectivity index (χ2n) is 6.99. The number of pyridine rings is 1. The molecule has 1 aliphatic heterocycles. The minimum absolute atomic E-state index is 0.186. The first-order valence-electron chi connectivity index (χ1n) is 9.00. The van der Waals surface area contributed by atoms with Crippen LogP contribution in [0.3, 0.4) is 0 Å². The zero-order chi connectivity index (χ0) is 18.8. The molecule has 0 saturated carbocycles. The highest BCUT2D eigenvalue weighted by Crippen LogP contribution is 2.34. The maximum absolute atomic E-state index is 13.9. The molecule has 0 aliphatic carbocycles. The van der Waals surface area contributed by atoms with Crippen molar-refractivity contribution in [1.29, 1.82) is 0 Å². The Hall–Kier alpha value is -2.37. The van der Waals surface area contributed by atoms with Gasteiger partial charge in [-0.1, -0.05) is 20.8 Å². The van der Waals surface area contributed by atoms with Crippen molar-refractivity contribution >= 4 is 16.7 Å². The third-order valence-corrected chi connectivity index (χ3v) is 5.04. The lowest BCUT2D eigenvalue weighted by Crippen LogP contribution is -2.34. The molecule has 1 amide bonds. The molecule has 1 N–H and O–H groups in total. The van der Waals surface area contributed by atoms with E-state index >= 15 is 0 Å². The molecule has 26 heavy (non-hydrogen) atoms. The van der Waals surface area contributed by atoms with Gasteiger partial charge in [0, 0.05) is 17.5 Å². The van der Waals surface area contributed by atoms with E-state index < -0.39 is 12.1 Å². The first-order chi connectivity index (χ1) is 12.5. The van der Waals surface area contributed by atoms with Crippen molar-refractivity contribution < 1.29 is 18.7 Å². The SMILES string of the molecule is CC[C@@H]1[C@H](F)C(=O)N[C@@H]1COc1nccc2cc(C(C)C)c(OC)cc12. The molecule has 1 fully saturated rings. The maximum Gasteiger partial charge on any atom is 0.255 e. The fraction of sp³-hybridized carbons (Fsp3) is 0.500. The van der Waals surface area contributed by atoms with Crippen LogP contribution in [0.15, 0.2) is 24.4 Å². The number of halogens is 1. The monoisotopic (exact) mass is 360 g/mol. The summed E-state index contributed by atoms with van der Waals surface area (Å²) in [6.45, 7) is 6.29. The van der Waals surface area contributed by atoms with Gasteiger partial charge in [0.25, 0.3) is 5.91 Å². The first-order valence-corrected chi connectivity index (χ1v) is 9.00. The van der Waals surface area contributed by atoms with Gasteiger partial charge in [-0.3, -0.25) is 4.79 Å². The third kappa shape index (κ3) is 3.32. The lowest BCUT2D eigenvalue weighted by Gasteiger charge is -2.19. The maximum atomic E-state index is 13.9. The predicted molar refractivity (Wildman–Crippen MR) is 98.5 cm³/mol. The molecular formula is C20H25FN2O3. The summed E-state index contributed by atoms with van der Waals surface area (Å²) in [5.74, 6) is 0.642. The summed E-state index contributed by atoms with van der Waals surface area (Å²) >= 11 is 0. The number of hydrogen-bond acceptors (Lipinski definition) is 4. The van der Waals surface area contributed by atoms with Crippen molar-refractivity contribution in [2.45, 2.75) is 45.3 Å². The summed E-state index contributed by atoms with van der Waals surface area (Å²) in [4.78, 5) is 15.9. The Morgan fingerprint density at radius 1 is 1.35 bits per heavy atom. The smallest absolute Gasteiger partial charge is 0.255 e. The van der Waals surface area contributed by atoms with E-state index in [1.165, 1.54) is 0 Å². The average molecular weight is 360 g/mol. The Kier molecular flexibility index (Phi) is 5.30. The van der Waals surface area contributed by atoms with Crippen molar-refractivity contribution in [2.24, 2.45) is 5.92 Å². The fourth-order valence-corrected chi connectivity index (χ4v) is 3.53. The van der Waals surface area contributed by atoms with Gasteiger partial charge in [-0.05, 0) is 41.5 Å². The predicted octanol–water partition coefficient (Wildman–Crippen LogP) is 3.61. The number of ether oxygens (including phenoxy) is 2. The Morgan fingerprint density at radius 2 is 2.12 bits per heavy atom. The highest BCUT2D eigenvalue weighted by Gasteiger charge is 2.41. The van der Waals surface area contributed by atoms with Crippen LogP contribution in [-0.2, 0) is 4.79 Å². The number of benzene rings is 1.